The lowest BCUT2D eigenvalue weighted by Crippen LogP contribution is -2.23. The van der Waals surface area contributed by atoms with E-state index < -0.39 is 28.1 Å². The predicted octanol–water partition coefficient (Wildman–Crippen LogP) is 2.61. The van der Waals surface area contributed by atoms with Crippen LogP contribution in [0.4, 0.5) is 5.69 Å². The Kier molecular flexibility index (Phi) is 5.15. The molecule has 1 fully saturated rings. The summed E-state index contributed by atoms with van der Waals surface area (Å²) in [5, 5.41) is 0.381. The molecular weight excluding hydrogens is 382 g/mol. The van der Waals surface area contributed by atoms with Crippen molar-refractivity contribution in [3.8, 4) is 0 Å². The molecule has 0 saturated carbocycles. The average molecular weight is 396 g/mol. The minimum Gasteiger partial charge on any atom is -0.463 e. The molecular formula is C17H14ClNO6S. The summed E-state index contributed by atoms with van der Waals surface area (Å²) in [6, 6.07) is 11.6. The number of hydrogen-bond donors (Lipinski definition) is 1. The van der Waals surface area contributed by atoms with E-state index in [1.807, 2.05) is 0 Å². The van der Waals surface area contributed by atoms with Gasteiger partial charge in [-0.05, 0) is 36.4 Å². The third-order valence-corrected chi connectivity index (χ3v) is 5.21. The lowest BCUT2D eigenvalue weighted by Gasteiger charge is -2.11. The number of halogens is 1. The first-order valence-electron chi connectivity index (χ1n) is 7.61. The first-order valence-corrected chi connectivity index (χ1v) is 9.47. The summed E-state index contributed by atoms with van der Waals surface area (Å²) in [5.41, 5.74) is 0.304. The van der Waals surface area contributed by atoms with Crippen LogP contribution in [-0.4, -0.2) is 33.1 Å². The van der Waals surface area contributed by atoms with Crippen molar-refractivity contribution in [1.82, 2.24) is 0 Å². The minimum absolute atomic E-state index is 0.0127. The van der Waals surface area contributed by atoms with Crippen LogP contribution >= 0.6 is 11.6 Å². The standard InChI is InChI=1S/C17H14ClNO6S/c18-12-4-2-5-13(10-12)19-26(22,23)14-6-1-3-11(9-14)16(20)25-15-7-8-24-17(15)21/h1-6,9-10,15,19H,7-8H2/t15-/m1/s1. The van der Waals surface area contributed by atoms with Crippen molar-refractivity contribution in [1.29, 1.82) is 0 Å². The predicted molar refractivity (Wildman–Crippen MR) is 93.5 cm³/mol. The van der Waals surface area contributed by atoms with Gasteiger partial charge in [0.2, 0.25) is 6.10 Å². The van der Waals surface area contributed by atoms with Crippen LogP contribution in [-0.2, 0) is 24.3 Å². The van der Waals surface area contributed by atoms with Crippen LogP contribution in [0.2, 0.25) is 5.02 Å². The maximum absolute atomic E-state index is 12.5. The number of carbonyl (C=O) groups is 2. The second kappa shape index (κ2) is 7.35. The van der Waals surface area contributed by atoms with Crippen molar-refractivity contribution in [2.24, 2.45) is 0 Å². The van der Waals surface area contributed by atoms with Gasteiger partial charge in [-0.25, -0.2) is 18.0 Å². The summed E-state index contributed by atoms with van der Waals surface area (Å²) in [7, 11) is -3.93. The molecule has 26 heavy (non-hydrogen) atoms. The number of nitrogens with one attached hydrogen (secondary N) is 1. The SMILES string of the molecule is O=C(O[C@@H]1CCOC1=O)c1cccc(S(=O)(=O)Nc2cccc(Cl)c2)c1. The smallest absolute Gasteiger partial charge is 0.347 e. The van der Waals surface area contributed by atoms with Crippen LogP contribution < -0.4 is 4.72 Å². The van der Waals surface area contributed by atoms with Crippen molar-refractivity contribution in [3.05, 3.63) is 59.1 Å². The maximum atomic E-state index is 12.5. The highest BCUT2D eigenvalue weighted by molar-refractivity contribution is 7.92. The van der Waals surface area contributed by atoms with Crippen molar-refractivity contribution in [3.63, 3.8) is 0 Å². The molecule has 0 bridgehead atoms. The van der Waals surface area contributed by atoms with Crippen LogP contribution in [0, 0.1) is 0 Å². The van der Waals surface area contributed by atoms with Gasteiger partial charge in [0.15, 0.2) is 0 Å². The zero-order valence-corrected chi connectivity index (χ0v) is 14.9. The first kappa shape index (κ1) is 18.2. The number of sulfonamides is 1. The summed E-state index contributed by atoms with van der Waals surface area (Å²) in [6.45, 7) is 0.189. The van der Waals surface area contributed by atoms with Gasteiger partial charge >= 0.3 is 11.9 Å². The van der Waals surface area contributed by atoms with Crippen LogP contribution in [0.25, 0.3) is 0 Å². The lowest BCUT2D eigenvalue weighted by atomic mass is 10.2. The number of ether oxygens (including phenoxy) is 2. The van der Waals surface area contributed by atoms with E-state index in [9.17, 15) is 18.0 Å². The van der Waals surface area contributed by atoms with E-state index in [0.717, 1.165) is 0 Å². The monoisotopic (exact) mass is 395 g/mol. The van der Waals surface area contributed by atoms with Gasteiger partial charge in [-0.2, -0.15) is 0 Å². The molecule has 1 atom stereocenters. The zero-order chi connectivity index (χ0) is 18.7. The highest BCUT2D eigenvalue weighted by Gasteiger charge is 2.30. The molecule has 1 saturated heterocycles. The molecule has 2 aromatic carbocycles. The fourth-order valence-corrected chi connectivity index (χ4v) is 3.62. The normalized spacial score (nSPS) is 16.8. The van der Waals surface area contributed by atoms with Gasteiger partial charge in [-0.15, -0.1) is 0 Å². The molecule has 1 N–H and O–H groups in total. The minimum atomic E-state index is -3.93. The number of carbonyl (C=O) groups excluding carboxylic acids is 2. The molecule has 0 aromatic heterocycles. The highest BCUT2D eigenvalue weighted by atomic mass is 35.5. The third-order valence-electron chi connectivity index (χ3n) is 3.59. The Morgan fingerprint density at radius 2 is 1.96 bits per heavy atom. The van der Waals surface area contributed by atoms with Gasteiger partial charge in [0.05, 0.1) is 22.8 Å². The fourth-order valence-electron chi connectivity index (χ4n) is 2.34. The molecule has 9 heteroatoms. The maximum Gasteiger partial charge on any atom is 0.347 e. The Balaban J connectivity index is 1.79. The molecule has 0 radical (unpaired) electrons. The largest absolute Gasteiger partial charge is 0.463 e. The molecule has 0 aliphatic carbocycles. The van der Waals surface area contributed by atoms with Gasteiger partial charge in [-0.1, -0.05) is 23.7 Å². The Hall–Kier alpha value is -2.58. The molecule has 3 rings (SSSR count). The number of esters is 2. The first-order chi connectivity index (χ1) is 12.3. The molecule has 1 aliphatic rings. The third kappa shape index (κ3) is 4.14. The second-order valence-electron chi connectivity index (χ2n) is 5.49. The molecule has 7 nitrogen and oxygen atoms in total. The number of anilines is 1. The molecule has 0 amide bonds. The number of rotatable bonds is 5. The Morgan fingerprint density at radius 1 is 1.19 bits per heavy atom. The summed E-state index contributed by atoms with van der Waals surface area (Å²) in [6.07, 6.45) is -0.689. The highest BCUT2D eigenvalue weighted by Crippen LogP contribution is 2.21. The van der Waals surface area contributed by atoms with Crippen molar-refractivity contribution in [2.75, 3.05) is 11.3 Å². The second-order valence-corrected chi connectivity index (χ2v) is 7.61. The average Bonchev–Trinajstić information content (AvgIpc) is 2.99. The van der Waals surface area contributed by atoms with Gasteiger partial charge in [-0.3, -0.25) is 4.72 Å². The molecule has 1 aliphatic heterocycles. The molecule has 0 unspecified atom stereocenters. The zero-order valence-electron chi connectivity index (χ0n) is 13.3. The van der Waals surface area contributed by atoms with E-state index >= 15 is 0 Å². The molecule has 0 spiro atoms. The number of benzene rings is 2. The number of cyclic esters (lactones) is 1. The van der Waals surface area contributed by atoms with E-state index in [2.05, 4.69) is 4.72 Å². The quantitative estimate of drug-likeness (QED) is 0.781. The summed E-state index contributed by atoms with van der Waals surface area (Å²) < 4.78 is 37.2. The fraction of sp³-hybridized carbons (Fsp3) is 0.176. The summed E-state index contributed by atoms with van der Waals surface area (Å²) >= 11 is 5.85. The summed E-state index contributed by atoms with van der Waals surface area (Å²) in [4.78, 5) is 23.4. The van der Waals surface area contributed by atoms with E-state index in [1.54, 1.807) is 18.2 Å². The van der Waals surface area contributed by atoms with Crippen LogP contribution in [0.1, 0.15) is 16.8 Å². The van der Waals surface area contributed by atoms with E-state index in [-0.39, 0.29) is 23.5 Å². The topological polar surface area (TPSA) is 98.8 Å². The van der Waals surface area contributed by atoms with Gasteiger partial charge in [0.25, 0.3) is 10.0 Å². The van der Waals surface area contributed by atoms with Crippen LogP contribution in [0.3, 0.4) is 0 Å². The van der Waals surface area contributed by atoms with Gasteiger partial charge in [0.1, 0.15) is 0 Å². The van der Waals surface area contributed by atoms with Crippen LogP contribution in [0.5, 0.6) is 0 Å². The van der Waals surface area contributed by atoms with Gasteiger partial charge in [0, 0.05) is 11.4 Å². The van der Waals surface area contributed by atoms with Crippen molar-refractivity contribution in [2.45, 2.75) is 17.4 Å². The van der Waals surface area contributed by atoms with E-state index in [0.29, 0.717) is 10.7 Å². The Labute approximate surface area is 154 Å². The van der Waals surface area contributed by atoms with Crippen LogP contribution in [0.15, 0.2) is 53.4 Å². The van der Waals surface area contributed by atoms with Crippen molar-refractivity contribution < 1.29 is 27.5 Å². The molecule has 1 heterocycles. The lowest BCUT2D eigenvalue weighted by molar-refractivity contribution is -0.145. The molecule has 2 aromatic rings. The van der Waals surface area contributed by atoms with E-state index in [4.69, 9.17) is 21.1 Å². The summed E-state index contributed by atoms with van der Waals surface area (Å²) in [5.74, 6) is -1.40. The van der Waals surface area contributed by atoms with Gasteiger partial charge < -0.3 is 9.47 Å². The molecule has 136 valence electrons. The van der Waals surface area contributed by atoms with Crippen molar-refractivity contribution >= 4 is 39.3 Å². The Morgan fingerprint density at radius 3 is 2.65 bits per heavy atom. The Bertz CT molecular complexity index is 959. The number of hydrogen-bond acceptors (Lipinski definition) is 6. The van der Waals surface area contributed by atoms with E-state index in [1.165, 1.54) is 30.3 Å².